The van der Waals surface area contributed by atoms with E-state index in [1.165, 1.54) is 51.4 Å². The highest BCUT2D eigenvalue weighted by Crippen LogP contribution is 2.09. The molecule has 1 saturated heterocycles. The first-order valence-electron chi connectivity index (χ1n) is 6.63. The largest absolute Gasteiger partial charge is 0.299 e. The molecule has 2 heteroatoms. The lowest BCUT2D eigenvalue weighted by molar-refractivity contribution is -0.164. The maximum atomic E-state index is 5.70. The first-order chi connectivity index (χ1) is 7.43. The van der Waals surface area contributed by atoms with Gasteiger partial charge in [-0.3, -0.25) is 4.84 Å². The fraction of sp³-hybridized carbons (Fsp3) is 0.923. The van der Waals surface area contributed by atoms with Crippen molar-refractivity contribution in [3.8, 4) is 0 Å². The van der Waals surface area contributed by atoms with Gasteiger partial charge >= 0.3 is 0 Å². The number of rotatable bonds is 8. The standard InChI is InChI=1S/C13H26NO/c1-2-3-4-5-6-10-13-15-14-11-8-7-9-12-14/h7H,2-6,8-13H2,1H3. The van der Waals surface area contributed by atoms with Crippen LogP contribution in [0.15, 0.2) is 0 Å². The predicted octanol–water partition coefficient (Wildman–Crippen LogP) is 3.58. The zero-order valence-electron chi connectivity index (χ0n) is 10.2. The quantitative estimate of drug-likeness (QED) is 0.570. The Labute approximate surface area is 94.9 Å². The number of hydrogen-bond donors (Lipinski definition) is 0. The van der Waals surface area contributed by atoms with Crippen molar-refractivity contribution in [2.45, 2.75) is 58.3 Å². The van der Waals surface area contributed by atoms with Crippen molar-refractivity contribution in [2.24, 2.45) is 0 Å². The zero-order valence-corrected chi connectivity index (χ0v) is 10.2. The smallest absolute Gasteiger partial charge is 0.0685 e. The molecule has 89 valence electrons. The summed E-state index contributed by atoms with van der Waals surface area (Å²) in [5.74, 6) is 0. The van der Waals surface area contributed by atoms with Gasteiger partial charge in [-0.25, -0.2) is 0 Å². The molecule has 0 aromatic heterocycles. The van der Waals surface area contributed by atoms with E-state index in [0.29, 0.717) is 0 Å². The van der Waals surface area contributed by atoms with Crippen LogP contribution >= 0.6 is 0 Å². The van der Waals surface area contributed by atoms with Crippen LogP contribution in [0.3, 0.4) is 0 Å². The van der Waals surface area contributed by atoms with Crippen LogP contribution in [0.4, 0.5) is 0 Å². The molecule has 1 heterocycles. The van der Waals surface area contributed by atoms with Gasteiger partial charge in [-0.2, -0.15) is 5.06 Å². The summed E-state index contributed by atoms with van der Waals surface area (Å²) in [7, 11) is 0. The van der Waals surface area contributed by atoms with E-state index in [2.05, 4.69) is 18.4 Å². The SMILES string of the molecule is CCCCCCCCON1CC[CH]CC1. The van der Waals surface area contributed by atoms with Crippen molar-refractivity contribution in [1.82, 2.24) is 5.06 Å². The molecule has 0 amide bonds. The average molecular weight is 212 g/mol. The molecule has 15 heavy (non-hydrogen) atoms. The molecule has 0 unspecified atom stereocenters. The summed E-state index contributed by atoms with van der Waals surface area (Å²) in [5, 5.41) is 2.13. The summed E-state index contributed by atoms with van der Waals surface area (Å²) in [6, 6.07) is 0. The van der Waals surface area contributed by atoms with Crippen molar-refractivity contribution in [1.29, 1.82) is 0 Å². The summed E-state index contributed by atoms with van der Waals surface area (Å²) in [4.78, 5) is 5.70. The molecule has 1 aliphatic rings. The molecule has 0 aromatic rings. The van der Waals surface area contributed by atoms with Crippen LogP contribution in [0.5, 0.6) is 0 Å². The fourth-order valence-corrected chi connectivity index (χ4v) is 1.93. The first kappa shape index (κ1) is 13.0. The monoisotopic (exact) mass is 212 g/mol. The van der Waals surface area contributed by atoms with E-state index in [1.807, 2.05) is 0 Å². The Morgan fingerprint density at radius 1 is 1.00 bits per heavy atom. The van der Waals surface area contributed by atoms with Crippen molar-refractivity contribution >= 4 is 0 Å². The second-order valence-electron chi connectivity index (χ2n) is 4.40. The van der Waals surface area contributed by atoms with Crippen molar-refractivity contribution < 1.29 is 4.84 Å². The minimum Gasteiger partial charge on any atom is -0.299 e. The van der Waals surface area contributed by atoms with Gasteiger partial charge in [0, 0.05) is 13.1 Å². The highest BCUT2D eigenvalue weighted by atomic mass is 16.7. The van der Waals surface area contributed by atoms with Gasteiger partial charge in [0.15, 0.2) is 0 Å². The molecule has 0 saturated carbocycles. The van der Waals surface area contributed by atoms with Crippen LogP contribution in [0.25, 0.3) is 0 Å². The van der Waals surface area contributed by atoms with E-state index in [0.717, 1.165) is 19.7 Å². The minimum atomic E-state index is 0.923. The summed E-state index contributed by atoms with van der Waals surface area (Å²) >= 11 is 0. The Bertz CT molecular complexity index is 132. The third-order valence-corrected chi connectivity index (χ3v) is 2.94. The van der Waals surface area contributed by atoms with Crippen LogP contribution in [-0.4, -0.2) is 24.8 Å². The Kier molecular flexibility index (Phi) is 7.94. The Morgan fingerprint density at radius 2 is 1.67 bits per heavy atom. The van der Waals surface area contributed by atoms with Crippen LogP contribution in [0.1, 0.15) is 58.3 Å². The second kappa shape index (κ2) is 9.17. The lowest BCUT2D eigenvalue weighted by atomic mass is 10.1. The van der Waals surface area contributed by atoms with Gasteiger partial charge in [0.1, 0.15) is 0 Å². The van der Waals surface area contributed by atoms with Crippen LogP contribution in [0, 0.1) is 6.42 Å². The molecule has 1 fully saturated rings. The molecule has 2 nitrogen and oxygen atoms in total. The average Bonchev–Trinajstić information content (AvgIpc) is 2.29. The van der Waals surface area contributed by atoms with Crippen LogP contribution < -0.4 is 0 Å². The van der Waals surface area contributed by atoms with Gasteiger partial charge in [-0.1, -0.05) is 39.0 Å². The number of unbranched alkanes of at least 4 members (excludes halogenated alkanes) is 5. The van der Waals surface area contributed by atoms with E-state index in [9.17, 15) is 0 Å². The summed E-state index contributed by atoms with van der Waals surface area (Å²) in [6.07, 6.45) is 12.8. The van der Waals surface area contributed by atoms with Gasteiger partial charge in [0.05, 0.1) is 6.61 Å². The summed E-state index contributed by atoms with van der Waals surface area (Å²) < 4.78 is 0. The first-order valence-corrected chi connectivity index (χ1v) is 6.63. The molecule has 1 radical (unpaired) electrons. The van der Waals surface area contributed by atoms with E-state index >= 15 is 0 Å². The molecule has 0 atom stereocenters. The third-order valence-electron chi connectivity index (χ3n) is 2.94. The second-order valence-corrected chi connectivity index (χ2v) is 4.40. The third kappa shape index (κ3) is 6.91. The van der Waals surface area contributed by atoms with E-state index in [-0.39, 0.29) is 0 Å². The molecule has 1 aliphatic heterocycles. The highest BCUT2D eigenvalue weighted by molar-refractivity contribution is 4.72. The maximum Gasteiger partial charge on any atom is 0.0685 e. The highest BCUT2D eigenvalue weighted by Gasteiger charge is 2.09. The number of piperidine rings is 1. The molecule has 0 N–H and O–H groups in total. The number of hydroxylamine groups is 2. The number of hydrogen-bond acceptors (Lipinski definition) is 2. The summed E-state index contributed by atoms with van der Waals surface area (Å²) in [6.45, 7) is 5.37. The van der Waals surface area contributed by atoms with Crippen molar-refractivity contribution in [3.63, 3.8) is 0 Å². The van der Waals surface area contributed by atoms with E-state index in [4.69, 9.17) is 4.84 Å². The van der Waals surface area contributed by atoms with Crippen molar-refractivity contribution in [2.75, 3.05) is 19.7 Å². The predicted molar refractivity (Wildman–Crippen MR) is 64.4 cm³/mol. The van der Waals surface area contributed by atoms with Crippen LogP contribution in [0.2, 0.25) is 0 Å². The summed E-state index contributed by atoms with van der Waals surface area (Å²) in [5.41, 5.74) is 0. The van der Waals surface area contributed by atoms with Crippen LogP contribution in [-0.2, 0) is 4.84 Å². The molecular weight excluding hydrogens is 186 g/mol. The molecular formula is C13H26NO. The zero-order chi connectivity index (χ0) is 10.8. The van der Waals surface area contributed by atoms with Gasteiger partial charge in [0.25, 0.3) is 0 Å². The lowest BCUT2D eigenvalue weighted by Gasteiger charge is -2.25. The Balaban J connectivity index is 1.79. The molecule has 1 rings (SSSR count). The minimum absolute atomic E-state index is 0.923. The maximum absolute atomic E-state index is 5.70. The molecule has 0 aliphatic carbocycles. The van der Waals surface area contributed by atoms with E-state index in [1.54, 1.807) is 0 Å². The Hall–Kier alpha value is -0.0800. The normalized spacial score (nSPS) is 18.2. The van der Waals surface area contributed by atoms with Gasteiger partial charge in [-0.05, 0) is 25.7 Å². The Morgan fingerprint density at radius 3 is 2.40 bits per heavy atom. The van der Waals surface area contributed by atoms with E-state index < -0.39 is 0 Å². The lowest BCUT2D eigenvalue weighted by Crippen LogP contribution is -2.30. The fourth-order valence-electron chi connectivity index (χ4n) is 1.93. The molecule has 0 aromatic carbocycles. The van der Waals surface area contributed by atoms with Gasteiger partial charge in [-0.15, -0.1) is 0 Å². The molecule has 0 spiro atoms. The number of nitrogens with zero attached hydrogens (tertiary/aromatic N) is 1. The van der Waals surface area contributed by atoms with Gasteiger partial charge < -0.3 is 0 Å². The molecule has 0 bridgehead atoms. The van der Waals surface area contributed by atoms with Gasteiger partial charge in [0.2, 0.25) is 0 Å². The van der Waals surface area contributed by atoms with Crippen molar-refractivity contribution in [3.05, 3.63) is 6.42 Å². The topological polar surface area (TPSA) is 12.5 Å².